The summed E-state index contributed by atoms with van der Waals surface area (Å²) in [6.07, 6.45) is 3.36. The molecular weight excluding hydrogens is 185 g/mol. The molecule has 1 aromatic rings. The summed E-state index contributed by atoms with van der Waals surface area (Å²) >= 11 is 0. The highest BCUT2D eigenvalue weighted by Gasteiger charge is 2.26. The van der Waals surface area contributed by atoms with Crippen LogP contribution in [0.15, 0.2) is 23.6 Å². The molecular formula is C9H14FN3O. The van der Waals surface area contributed by atoms with Gasteiger partial charge in [0.1, 0.15) is 0 Å². The zero-order valence-electron chi connectivity index (χ0n) is 8.31. The van der Waals surface area contributed by atoms with E-state index in [1.54, 1.807) is 37.0 Å². The van der Waals surface area contributed by atoms with Crippen LogP contribution in [0, 0.1) is 5.41 Å². The van der Waals surface area contributed by atoms with Gasteiger partial charge in [0, 0.05) is 17.8 Å². The molecule has 4 nitrogen and oxygen atoms in total. The lowest BCUT2D eigenvalue weighted by Crippen LogP contribution is -2.30. The zero-order valence-corrected chi connectivity index (χ0v) is 8.31. The van der Waals surface area contributed by atoms with Gasteiger partial charge in [0.2, 0.25) is 0 Å². The summed E-state index contributed by atoms with van der Waals surface area (Å²) in [7, 11) is 0. The van der Waals surface area contributed by atoms with E-state index in [1.807, 2.05) is 0 Å². The molecule has 0 unspecified atom stereocenters. The van der Waals surface area contributed by atoms with Crippen LogP contribution >= 0.6 is 0 Å². The molecule has 5 heteroatoms. The molecule has 0 saturated carbocycles. The van der Waals surface area contributed by atoms with Crippen molar-refractivity contribution >= 4 is 5.71 Å². The molecule has 0 aliphatic rings. The van der Waals surface area contributed by atoms with E-state index in [9.17, 15) is 4.39 Å². The van der Waals surface area contributed by atoms with Crippen molar-refractivity contribution in [1.82, 2.24) is 9.78 Å². The largest absolute Gasteiger partial charge is 0.411 e. The van der Waals surface area contributed by atoms with Gasteiger partial charge in [-0.05, 0) is 6.07 Å². The predicted octanol–water partition coefficient (Wildman–Crippen LogP) is 1.71. The highest BCUT2D eigenvalue weighted by Crippen LogP contribution is 2.19. The first-order valence-corrected chi connectivity index (χ1v) is 4.35. The van der Waals surface area contributed by atoms with Gasteiger partial charge in [-0.15, -0.1) is 0 Å². The number of aromatic nitrogens is 2. The molecule has 0 radical (unpaired) electrons. The second-order valence-corrected chi connectivity index (χ2v) is 3.77. The number of hydrogen-bond acceptors (Lipinski definition) is 3. The van der Waals surface area contributed by atoms with Crippen LogP contribution in [0.1, 0.15) is 13.8 Å². The van der Waals surface area contributed by atoms with Crippen molar-refractivity contribution in [3.63, 3.8) is 0 Å². The number of oxime groups is 1. The number of rotatable bonds is 4. The number of halogens is 1. The van der Waals surface area contributed by atoms with E-state index in [0.29, 0.717) is 12.3 Å². The summed E-state index contributed by atoms with van der Waals surface area (Å²) in [6.45, 7) is 3.12. The Morgan fingerprint density at radius 1 is 1.64 bits per heavy atom. The SMILES string of the molecule is CC(C)(CF)/C(Cn1cccn1)=N/O. The molecule has 0 spiro atoms. The minimum atomic E-state index is -0.749. The van der Waals surface area contributed by atoms with E-state index in [1.165, 1.54) is 0 Å². The van der Waals surface area contributed by atoms with E-state index in [0.717, 1.165) is 0 Å². The maximum absolute atomic E-state index is 12.6. The van der Waals surface area contributed by atoms with Gasteiger partial charge in [-0.3, -0.25) is 9.07 Å². The second-order valence-electron chi connectivity index (χ2n) is 3.77. The Kier molecular flexibility index (Phi) is 3.22. The second kappa shape index (κ2) is 4.21. The molecule has 1 aromatic heterocycles. The van der Waals surface area contributed by atoms with E-state index in [-0.39, 0.29) is 0 Å². The maximum Gasteiger partial charge on any atom is 0.0999 e. The third kappa shape index (κ3) is 2.31. The molecule has 0 aliphatic heterocycles. The Bertz CT molecular complexity index is 306. The summed E-state index contributed by atoms with van der Waals surface area (Å²) in [6, 6.07) is 1.76. The summed E-state index contributed by atoms with van der Waals surface area (Å²) < 4.78 is 14.2. The molecule has 0 aliphatic carbocycles. The molecule has 1 heterocycles. The number of alkyl halides is 1. The topological polar surface area (TPSA) is 50.4 Å². The van der Waals surface area contributed by atoms with Crippen LogP contribution in [0.25, 0.3) is 0 Å². The Hall–Kier alpha value is -1.39. The Morgan fingerprint density at radius 3 is 2.79 bits per heavy atom. The van der Waals surface area contributed by atoms with Crippen LogP contribution in [-0.2, 0) is 6.54 Å². The third-order valence-electron chi connectivity index (χ3n) is 2.11. The molecule has 1 N–H and O–H groups in total. The van der Waals surface area contributed by atoms with Gasteiger partial charge >= 0.3 is 0 Å². The standard InChI is InChI=1S/C9H14FN3O/c1-9(2,7-10)8(12-14)6-13-5-3-4-11-13/h3-5,14H,6-7H2,1-2H3/b12-8+. The summed E-state index contributed by atoms with van der Waals surface area (Å²) in [5.74, 6) is 0. The molecule has 0 bridgehead atoms. The molecule has 0 saturated heterocycles. The van der Waals surface area contributed by atoms with Crippen molar-refractivity contribution in [2.45, 2.75) is 20.4 Å². The average molecular weight is 199 g/mol. The van der Waals surface area contributed by atoms with Gasteiger partial charge in [0.05, 0.1) is 18.9 Å². The third-order valence-corrected chi connectivity index (χ3v) is 2.11. The maximum atomic E-state index is 12.6. The van der Waals surface area contributed by atoms with Crippen LogP contribution in [0.4, 0.5) is 4.39 Å². The number of hydrogen-bond donors (Lipinski definition) is 1. The summed E-state index contributed by atoms with van der Waals surface area (Å²) in [4.78, 5) is 0. The lowest BCUT2D eigenvalue weighted by atomic mass is 9.89. The Morgan fingerprint density at radius 2 is 2.36 bits per heavy atom. The van der Waals surface area contributed by atoms with Crippen molar-refractivity contribution in [2.24, 2.45) is 10.6 Å². The van der Waals surface area contributed by atoms with Crippen molar-refractivity contribution in [3.05, 3.63) is 18.5 Å². The predicted molar refractivity (Wildman–Crippen MR) is 51.2 cm³/mol. The molecule has 0 aromatic carbocycles. The molecule has 14 heavy (non-hydrogen) atoms. The van der Waals surface area contributed by atoms with Gasteiger partial charge in [0.15, 0.2) is 0 Å². The van der Waals surface area contributed by atoms with E-state index >= 15 is 0 Å². The Balaban J connectivity index is 2.75. The molecule has 0 amide bonds. The minimum absolute atomic E-state index is 0.306. The van der Waals surface area contributed by atoms with Crippen LogP contribution in [0.5, 0.6) is 0 Å². The van der Waals surface area contributed by atoms with E-state index < -0.39 is 12.1 Å². The van der Waals surface area contributed by atoms with Crippen molar-refractivity contribution < 1.29 is 9.60 Å². The lowest BCUT2D eigenvalue weighted by Gasteiger charge is -2.21. The van der Waals surface area contributed by atoms with Gasteiger partial charge in [0.25, 0.3) is 0 Å². The average Bonchev–Trinajstić information content (AvgIpc) is 2.66. The fraction of sp³-hybridized carbons (Fsp3) is 0.556. The first kappa shape index (κ1) is 10.7. The van der Waals surface area contributed by atoms with E-state index in [2.05, 4.69) is 10.3 Å². The zero-order chi connectivity index (χ0) is 10.6. The molecule has 78 valence electrons. The Labute approximate surface area is 82.0 Å². The first-order valence-electron chi connectivity index (χ1n) is 4.35. The number of nitrogens with zero attached hydrogens (tertiary/aromatic N) is 3. The smallest absolute Gasteiger partial charge is 0.0999 e. The fourth-order valence-corrected chi connectivity index (χ4v) is 1.01. The van der Waals surface area contributed by atoms with Gasteiger partial charge in [-0.1, -0.05) is 19.0 Å². The molecule has 0 fully saturated rings. The first-order chi connectivity index (χ1) is 6.60. The van der Waals surface area contributed by atoms with Gasteiger partial charge < -0.3 is 5.21 Å². The van der Waals surface area contributed by atoms with Crippen LogP contribution in [-0.4, -0.2) is 27.4 Å². The minimum Gasteiger partial charge on any atom is -0.411 e. The van der Waals surface area contributed by atoms with Crippen molar-refractivity contribution in [3.8, 4) is 0 Å². The normalized spacial score (nSPS) is 13.2. The molecule has 0 atom stereocenters. The van der Waals surface area contributed by atoms with Crippen molar-refractivity contribution in [2.75, 3.05) is 6.67 Å². The van der Waals surface area contributed by atoms with Crippen LogP contribution in [0.2, 0.25) is 0 Å². The van der Waals surface area contributed by atoms with Gasteiger partial charge in [-0.25, -0.2) is 0 Å². The fourth-order valence-electron chi connectivity index (χ4n) is 1.01. The van der Waals surface area contributed by atoms with Crippen molar-refractivity contribution in [1.29, 1.82) is 0 Å². The lowest BCUT2D eigenvalue weighted by molar-refractivity contribution is 0.287. The highest BCUT2D eigenvalue weighted by atomic mass is 19.1. The summed E-state index contributed by atoms with van der Waals surface area (Å²) in [5.41, 5.74) is -0.371. The monoisotopic (exact) mass is 199 g/mol. The quantitative estimate of drug-likeness (QED) is 0.456. The van der Waals surface area contributed by atoms with Crippen LogP contribution in [0.3, 0.4) is 0 Å². The van der Waals surface area contributed by atoms with E-state index in [4.69, 9.17) is 5.21 Å². The molecule has 1 rings (SSSR count). The van der Waals surface area contributed by atoms with Gasteiger partial charge in [-0.2, -0.15) is 5.10 Å². The summed E-state index contributed by atoms with van der Waals surface area (Å²) in [5, 5.41) is 15.8. The highest BCUT2D eigenvalue weighted by molar-refractivity contribution is 5.88. The van der Waals surface area contributed by atoms with Crippen LogP contribution < -0.4 is 0 Å².